The second-order valence-electron chi connectivity index (χ2n) is 8.77. The van der Waals surface area contributed by atoms with Gasteiger partial charge in [-0.05, 0) is 62.1 Å². The third-order valence-electron chi connectivity index (χ3n) is 6.64. The second kappa shape index (κ2) is 9.17. The number of amides is 1. The van der Waals surface area contributed by atoms with Crippen LogP contribution >= 0.6 is 0 Å². The fourth-order valence-electron chi connectivity index (χ4n) is 4.77. The number of anilines is 1. The molecule has 1 fully saturated rings. The van der Waals surface area contributed by atoms with Crippen LogP contribution in [0.15, 0.2) is 54.9 Å². The molecule has 2 aromatic carbocycles. The van der Waals surface area contributed by atoms with Crippen molar-refractivity contribution in [1.29, 1.82) is 0 Å². The SMILES string of the molecule is Cc1cccc2c1cnn2CCCNC(=O)C1CCN(c2ccnc3ccc(F)cc23)CC1. The molecular weight excluding hydrogens is 417 g/mol. The third kappa shape index (κ3) is 4.40. The highest BCUT2D eigenvalue weighted by molar-refractivity contribution is 5.91. The van der Waals surface area contributed by atoms with Crippen molar-refractivity contribution in [3.8, 4) is 0 Å². The summed E-state index contributed by atoms with van der Waals surface area (Å²) < 4.78 is 15.8. The lowest BCUT2D eigenvalue weighted by atomic mass is 9.95. The van der Waals surface area contributed by atoms with E-state index in [-0.39, 0.29) is 17.6 Å². The van der Waals surface area contributed by atoms with Gasteiger partial charge in [0.25, 0.3) is 0 Å². The predicted molar refractivity (Wildman–Crippen MR) is 129 cm³/mol. The molecule has 7 heteroatoms. The molecule has 0 spiro atoms. The fraction of sp³-hybridized carbons (Fsp3) is 0.346. The fourth-order valence-corrected chi connectivity index (χ4v) is 4.77. The van der Waals surface area contributed by atoms with Gasteiger partial charge in [-0.1, -0.05) is 12.1 Å². The van der Waals surface area contributed by atoms with E-state index in [4.69, 9.17) is 0 Å². The zero-order chi connectivity index (χ0) is 22.8. The summed E-state index contributed by atoms with van der Waals surface area (Å²) in [4.78, 5) is 19.3. The average Bonchev–Trinajstić information content (AvgIpc) is 3.26. The second-order valence-corrected chi connectivity index (χ2v) is 8.77. The van der Waals surface area contributed by atoms with Gasteiger partial charge in [-0.2, -0.15) is 5.10 Å². The molecule has 1 N–H and O–H groups in total. The van der Waals surface area contributed by atoms with Crippen LogP contribution in [0.3, 0.4) is 0 Å². The van der Waals surface area contributed by atoms with E-state index in [2.05, 4.69) is 45.4 Å². The number of pyridine rings is 1. The topological polar surface area (TPSA) is 63.1 Å². The molecule has 0 bridgehead atoms. The number of aryl methyl sites for hydroxylation is 2. The van der Waals surface area contributed by atoms with E-state index in [1.807, 2.05) is 16.9 Å². The Balaban J connectivity index is 1.12. The van der Waals surface area contributed by atoms with Crippen molar-refractivity contribution in [3.05, 3.63) is 66.2 Å². The summed E-state index contributed by atoms with van der Waals surface area (Å²) in [5.74, 6) is -0.120. The van der Waals surface area contributed by atoms with Crippen LogP contribution in [0.4, 0.5) is 10.1 Å². The predicted octanol–water partition coefficient (Wildman–Crippen LogP) is 4.45. The molecule has 2 aromatic heterocycles. The van der Waals surface area contributed by atoms with Crippen LogP contribution in [0.1, 0.15) is 24.8 Å². The number of hydrogen-bond donors (Lipinski definition) is 1. The van der Waals surface area contributed by atoms with Crippen LogP contribution in [0.25, 0.3) is 21.8 Å². The molecule has 0 unspecified atom stereocenters. The lowest BCUT2D eigenvalue weighted by molar-refractivity contribution is -0.125. The summed E-state index contributed by atoms with van der Waals surface area (Å²) in [7, 11) is 0. The number of nitrogens with one attached hydrogen (secondary N) is 1. The molecule has 1 aliphatic heterocycles. The molecule has 170 valence electrons. The monoisotopic (exact) mass is 445 g/mol. The van der Waals surface area contributed by atoms with E-state index >= 15 is 0 Å². The molecule has 6 nitrogen and oxygen atoms in total. The van der Waals surface area contributed by atoms with Gasteiger partial charge < -0.3 is 10.2 Å². The van der Waals surface area contributed by atoms with E-state index in [1.165, 1.54) is 17.0 Å². The van der Waals surface area contributed by atoms with Gasteiger partial charge in [0.2, 0.25) is 5.91 Å². The molecule has 1 amide bonds. The number of aromatic nitrogens is 3. The number of hydrogen-bond acceptors (Lipinski definition) is 4. The molecule has 1 aliphatic rings. The summed E-state index contributed by atoms with van der Waals surface area (Å²) in [6, 6.07) is 12.9. The van der Waals surface area contributed by atoms with Crippen LogP contribution in [0.2, 0.25) is 0 Å². The van der Waals surface area contributed by atoms with Gasteiger partial charge >= 0.3 is 0 Å². The highest BCUT2D eigenvalue weighted by atomic mass is 19.1. The van der Waals surface area contributed by atoms with Crippen LogP contribution in [0, 0.1) is 18.7 Å². The smallest absolute Gasteiger partial charge is 0.223 e. The largest absolute Gasteiger partial charge is 0.371 e. The first-order valence-electron chi connectivity index (χ1n) is 11.6. The standard InChI is InChI=1S/C26H28FN5O/c1-18-4-2-5-25-22(18)17-30-32(25)13-3-11-29-26(33)19-9-14-31(15-10-19)24-8-12-28-23-7-6-20(27)16-21(23)24/h2,4-8,12,16-17,19H,3,9-11,13-15H2,1H3,(H,29,33). The van der Waals surface area contributed by atoms with Gasteiger partial charge in [0.15, 0.2) is 0 Å². The van der Waals surface area contributed by atoms with Gasteiger partial charge in [0.05, 0.1) is 17.2 Å². The van der Waals surface area contributed by atoms with Gasteiger partial charge in [0, 0.05) is 54.8 Å². The minimum absolute atomic E-state index is 0.0132. The lowest BCUT2D eigenvalue weighted by Crippen LogP contribution is -2.41. The van der Waals surface area contributed by atoms with Crippen LogP contribution < -0.4 is 10.2 Å². The van der Waals surface area contributed by atoms with Crippen molar-refractivity contribution in [3.63, 3.8) is 0 Å². The lowest BCUT2D eigenvalue weighted by Gasteiger charge is -2.33. The molecule has 1 saturated heterocycles. The van der Waals surface area contributed by atoms with Crippen molar-refractivity contribution in [2.24, 2.45) is 5.92 Å². The molecule has 4 aromatic rings. The third-order valence-corrected chi connectivity index (χ3v) is 6.64. The van der Waals surface area contributed by atoms with Crippen molar-refractivity contribution >= 4 is 33.4 Å². The van der Waals surface area contributed by atoms with Crippen LogP contribution in [-0.2, 0) is 11.3 Å². The Hall–Kier alpha value is -3.48. The Kier molecular flexibility index (Phi) is 5.94. The number of carbonyl (C=O) groups is 1. The quantitative estimate of drug-likeness (QED) is 0.445. The molecular formula is C26H28FN5O. The maximum absolute atomic E-state index is 13.8. The molecule has 33 heavy (non-hydrogen) atoms. The van der Waals surface area contributed by atoms with Crippen molar-refractivity contribution in [2.45, 2.75) is 32.7 Å². The number of nitrogens with zero attached hydrogens (tertiary/aromatic N) is 4. The van der Waals surface area contributed by atoms with Gasteiger partial charge in [-0.15, -0.1) is 0 Å². The zero-order valence-corrected chi connectivity index (χ0v) is 18.8. The Morgan fingerprint density at radius 1 is 1.15 bits per heavy atom. The van der Waals surface area contributed by atoms with E-state index in [1.54, 1.807) is 18.3 Å². The minimum atomic E-state index is -0.260. The molecule has 3 heterocycles. The molecule has 5 rings (SSSR count). The molecule has 0 aliphatic carbocycles. The van der Waals surface area contributed by atoms with Crippen LogP contribution in [0.5, 0.6) is 0 Å². The Labute approximate surface area is 192 Å². The maximum Gasteiger partial charge on any atom is 0.223 e. The van der Waals surface area contributed by atoms with Crippen molar-refractivity contribution in [1.82, 2.24) is 20.1 Å². The van der Waals surface area contributed by atoms with Crippen LogP contribution in [-0.4, -0.2) is 40.3 Å². The number of benzene rings is 2. The van der Waals surface area contributed by atoms with E-state index in [9.17, 15) is 9.18 Å². The first-order valence-corrected chi connectivity index (χ1v) is 11.6. The number of fused-ring (bicyclic) bond motifs is 2. The van der Waals surface area contributed by atoms with E-state index in [0.717, 1.165) is 61.0 Å². The first kappa shape index (κ1) is 21.4. The minimum Gasteiger partial charge on any atom is -0.371 e. The van der Waals surface area contributed by atoms with Gasteiger partial charge in [-0.25, -0.2) is 4.39 Å². The number of piperidine rings is 1. The zero-order valence-electron chi connectivity index (χ0n) is 18.8. The summed E-state index contributed by atoms with van der Waals surface area (Å²) in [5.41, 5.74) is 4.13. The van der Waals surface area contributed by atoms with E-state index in [0.29, 0.717) is 6.54 Å². The van der Waals surface area contributed by atoms with Crippen molar-refractivity contribution in [2.75, 3.05) is 24.5 Å². The summed E-state index contributed by atoms with van der Waals surface area (Å²) >= 11 is 0. The average molecular weight is 446 g/mol. The highest BCUT2D eigenvalue weighted by Crippen LogP contribution is 2.30. The Bertz CT molecular complexity index is 1290. The molecule has 0 radical (unpaired) electrons. The van der Waals surface area contributed by atoms with E-state index < -0.39 is 0 Å². The number of halogens is 1. The van der Waals surface area contributed by atoms with Gasteiger partial charge in [-0.3, -0.25) is 14.5 Å². The Morgan fingerprint density at radius 2 is 2.00 bits per heavy atom. The van der Waals surface area contributed by atoms with Crippen molar-refractivity contribution < 1.29 is 9.18 Å². The first-order chi connectivity index (χ1) is 16.1. The normalized spacial score (nSPS) is 14.8. The number of carbonyl (C=O) groups excluding carboxylic acids is 1. The van der Waals surface area contributed by atoms with Gasteiger partial charge in [0.1, 0.15) is 5.82 Å². The maximum atomic E-state index is 13.8. The Morgan fingerprint density at radius 3 is 2.85 bits per heavy atom. The summed E-state index contributed by atoms with van der Waals surface area (Å²) in [5, 5.41) is 9.60. The summed E-state index contributed by atoms with van der Waals surface area (Å²) in [6.45, 7) is 5.05. The molecule has 0 atom stereocenters. The summed E-state index contributed by atoms with van der Waals surface area (Å²) in [6.07, 6.45) is 6.09. The highest BCUT2D eigenvalue weighted by Gasteiger charge is 2.25. The number of rotatable bonds is 6. The molecule has 0 saturated carbocycles.